The van der Waals surface area contributed by atoms with Crippen LogP contribution in [0.4, 0.5) is 58.4 Å². The Balaban J connectivity index is 0.000000108. The lowest BCUT2D eigenvalue weighted by molar-refractivity contribution is 0.393. The standard InChI is InChI=1S/C21H19F2N5O.C19H17F2N7.2C19H15F2N5O/c1-12-20(13(2)29-26-12)16-11-24-28-9-7-19(25-21(16)28)27-8-3-4-18(27)15-10-14(22)5-6-17(15)23;1-11-23-18(26-25-11)14-10-22-28-8-6-17(24-19(14)28)27-7-2-3-16(27)13-9-12(20)4-5-15(13)21;20-13-3-4-16(21)14(8-13)17-2-1-6-25(17)18-5-7-26-19(24-18)15(10-22-26)12-9-23-27-11-12;20-12-3-4-15(21)13(8-12)16-2-1-6-25(16)18-5-7-26-19(24-18)14(9-23-26)17-10-22-11-27-17/h5-7,9-11,18H,3-4,8H2,1-2H3;4-6,8-10,16H,2-3,7H2,1H3,(H,23,25,26);3-5,7-11,17H,1-2,6H2;3-5,7-11,16H,1-2,6H2. The summed E-state index contributed by atoms with van der Waals surface area (Å²) in [5.74, 6) is 1.92. The van der Waals surface area contributed by atoms with Crippen LogP contribution in [-0.2, 0) is 0 Å². The zero-order valence-electron chi connectivity index (χ0n) is 59.6. The number of rotatable bonds is 12. The average molecular weight is 1510 g/mol. The molecule has 0 aliphatic carbocycles. The molecule has 0 bridgehead atoms. The molecule has 4 aliphatic rings. The highest BCUT2D eigenvalue weighted by Crippen LogP contribution is 2.43. The Morgan fingerprint density at radius 3 is 1.18 bits per heavy atom. The minimum absolute atomic E-state index is 0.252. The molecule has 0 amide bonds. The van der Waals surface area contributed by atoms with Crippen LogP contribution in [0.15, 0.2) is 185 Å². The number of anilines is 4. The molecule has 111 heavy (non-hydrogen) atoms. The summed E-state index contributed by atoms with van der Waals surface area (Å²) in [5, 5.41) is 32.0. The number of aryl methyl sites for hydroxylation is 3. The van der Waals surface area contributed by atoms with Crippen molar-refractivity contribution >= 4 is 45.9 Å². The van der Waals surface area contributed by atoms with Gasteiger partial charge in [0.25, 0.3) is 0 Å². The van der Waals surface area contributed by atoms with Gasteiger partial charge >= 0.3 is 0 Å². The number of aromatic nitrogens is 18. The van der Waals surface area contributed by atoms with Gasteiger partial charge in [-0.05, 0) is 169 Å². The van der Waals surface area contributed by atoms with Crippen LogP contribution in [0.5, 0.6) is 0 Å². The second kappa shape index (κ2) is 29.7. The van der Waals surface area contributed by atoms with Gasteiger partial charge in [-0.15, -0.1) is 0 Å². The molecule has 16 heterocycles. The highest BCUT2D eigenvalue weighted by atomic mass is 19.2. The Bertz CT molecular complexity index is 5860. The number of benzene rings is 4. The molecular weight excluding hydrogens is 1440 g/mol. The molecule has 20 rings (SSSR count). The van der Waals surface area contributed by atoms with Crippen LogP contribution in [-0.4, -0.2) is 115 Å². The zero-order chi connectivity index (χ0) is 76.1. The molecule has 16 aromatic rings. The monoisotopic (exact) mass is 1510 g/mol. The second-order valence-corrected chi connectivity index (χ2v) is 27.2. The molecule has 4 saturated heterocycles. The summed E-state index contributed by atoms with van der Waals surface area (Å²) < 4.78 is 134. The lowest BCUT2D eigenvalue weighted by Gasteiger charge is -2.26. The molecule has 4 unspecified atom stereocenters. The summed E-state index contributed by atoms with van der Waals surface area (Å²) in [4.78, 5) is 35.4. The molecule has 0 radical (unpaired) electrons. The number of nitrogens with one attached hydrogen (secondary N) is 1. The summed E-state index contributed by atoms with van der Waals surface area (Å²) >= 11 is 0. The van der Waals surface area contributed by atoms with E-state index in [0.29, 0.717) is 103 Å². The van der Waals surface area contributed by atoms with E-state index in [2.05, 4.69) is 50.9 Å². The van der Waals surface area contributed by atoms with E-state index in [9.17, 15) is 35.1 Å². The van der Waals surface area contributed by atoms with Crippen molar-refractivity contribution in [1.29, 1.82) is 0 Å². The minimum atomic E-state index is -0.440. The SMILES string of the molecule is Cc1nc(-c2cnn3ccc(N4CCCC4c4cc(F)ccc4F)nc23)n[nH]1.Cc1noc(C)c1-c1cnn2ccc(N3CCCC3c3cc(F)ccc3F)nc12.Fc1ccc(F)c(C2CCCN2c2ccn3ncc(-c4cnco4)c3n2)c1.Fc1ccc(F)c(C2CCCN2c2ccn3ncc(-c4cnoc4)c3n2)c1. The van der Waals surface area contributed by atoms with Crippen LogP contribution < -0.4 is 19.6 Å². The third kappa shape index (κ3) is 13.8. The van der Waals surface area contributed by atoms with Crippen LogP contribution >= 0.6 is 0 Å². The van der Waals surface area contributed by atoms with Crippen molar-refractivity contribution in [3.05, 3.63) is 258 Å². The van der Waals surface area contributed by atoms with Crippen molar-refractivity contribution in [3.63, 3.8) is 0 Å². The fraction of sp³-hybridized carbons (Fsp3) is 0.244. The summed E-state index contributed by atoms with van der Waals surface area (Å²) in [6.07, 6.45) is 26.6. The number of hydrogen-bond donors (Lipinski definition) is 1. The molecular formula is C78H66F8N22O3. The van der Waals surface area contributed by atoms with E-state index < -0.39 is 46.5 Å². The predicted octanol–water partition coefficient (Wildman–Crippen LogP) is 16.1. The minimum Gasteiger partial charge on any atom is -0.443 e. The zero-order valence-corrected chi connectivity index (χ0v) is 59.6. The third-order valence-electron chi connectivity index (χ3n) is 20.5. The Morgan fingerprint density at radius 1 is 0.423 bits per heavy atom. The first-order valence-electron chi connectivity index (χ1n) is 35.9. The predicted molar refractivity (Wildman–Crippen MR) is 391 cm³/mol. The Hall–Kier alpha value is -13.2. The van der Waals surface area contributed by atoms with E-state index in [4.69, 9.17) is 33.4 Å². The van der Waals surface area contributed by atoms with Gasteiger partial charge < -0.3 is 33.1 Å². The van der Waals surface area contributed by atoms with E-state index in [1.807, 2.05) is 77.0 Å². The molecule has 4 aliphatic heterocycles. The molecule has 12 aromatic heterocycles. The van der Waals surface area contributed by atoms with Gasteiger partial charge in [0.2, 0.25) is 0 Å². The maximum Gasteiger partial charge on any atom is 0.186 e. The fourth-order valence-corrected chi connectivity index (χ4v) is 15.3. The lowest BCUT2D eigenvalue weighted by atomic mass is 10.0. The second-order valence-electron chi connectivity index (χ2n) is 27.2. The summed E-state index contributed by atoms with van der Waals surface area (Å²) in [6, 6.07) is 20.7. The molecule has 25 nitrogen and oxygen atoms in total. The van der Waals surface area contributed by atoms with Crippen LogP contribution in [0.25, 0.3) is 67.6 Å². The Kier molecular flexibility index (Phi) is 18.9. The molecule has 33 heteroatoms. The maximum atomic E-state index is 14.4. The molecule has 0 spiro atoms. The largest absolute Gasteiger partial charge is 0.443 e. The smallest absolute Gasteiger partial charge is 0.186 e. The van der Waals surface area contributed by atoms with E-state index in [1.165, 1.54) is 61.2 Å². The fourth-order valence-electron chi connectivity index (χ4n) is 15.3. The number of halogens is 8. The summed E-state index contributed by atoms with van der Waals surface area (Å²) in [7, 11) is 0. The molecule has 4 fully saturated rings. The van der Waals surface area contributed by atoms with E-state index >= 15 is 0 Å². The van der Waals surface area contributed by atoms with Crippen molar-refractivity contribution in [2.24, 2.45) is 0 Å². The Morgan fingerprint density at radius 2 is 0.811 bits per heavy atom. The van der Waals surface area contributed by atoms with Gasteiger partial charge in [0.1, 0.15) is 87.7 Å². The molecule has 0 saturated carbocycles. The number of hydrogen-bond acceptors (Lipinski definition) is 20. The summed E-state index contributed by atoms with van der Waals surface area (Å²) in [6.45, 7) is 8.43. The van der Waals surface area contributed by atoms with Gasteiger partial charge in [0.05, 0.1) is 94.9 Å². The van der Waals surface area contributed by atoms with Crippen molar-refractivity contribution in [3.8, 4) is 45.0 Å². The van der Waals surface area contributed by atoms with Crippen molar-refractivity contribution in [2.75, 3.05) is 45.8 Å². The van der Waals surface area contributed by atoms with Crippen molar-refractivity contribution in [1.82, 2.24) is 88.9 Å². The molecule has 4 atom stereocenters. The van der Waals surface area contributed by atoms with Crippen molar-refractivity contribution in [2.45, 2.75) is 96.3 Å². The number of nitrogens with zero attached hydrogens (tertiary/aromatic N) is 21. The van der Waals surface area contributed by atoms with Crippen LogP contribution in [0.2, 0.25) is 0 Å². The topological polar surface area (TPSA) is 253 Å². The lowest BCUT2D eigenvalue weighted by Crippen LogP contribution is -2.24. The number of aromatic amines is 1. The number of fused-ring (bicyclic) bond motifs is 4. The van der Waals surface area contributed by atoms with Gasteiger partial charge in [-0.25, -0.2) is 83.1 Å². The van der Waals surface area contributed by atoms with E-state index in [-0.39, 0.29) is 24.2 Å². The van der Waals surface area contributed by atoms with Crippen LogP contribution in [0, 0.1) is 67.3 Å². The van der Waals surface area contributed by atoms with Crippen LogP contribution in [0.3, 0.4) is 0 Å². The first-order chi connectivity index (χ1) is 54.0. The van der Waals surface area contributed by atoms with Gasteiger partial charge in [-0.1, -0.05) is 10.3 Å². The first kappa shape index (κ1) is 70.7. The van der Waals surface area contributed by atoms with Crippen LogP contribution in [0.1, 0.15) is 115 Å². The average Bonchev–Trinajstić information content (AvgIpc) is 1.66. The third-order valence-corrected chi connectivity index (χ3v) is 20.5. The molecule has 4 aromatic carbocycles. The van der Waals surface area contributed by atoms with E-state index in [0.717, 1.165) is 129 Å². The van der Waals surface area contributed by atoms with Crippen molar-refractivity contribution < 1.29 is 48.6 Å². The van der Waals surface area contributed by atoms with Gasteiger partial charge in [-0.2, -0.15) is 25.5 Å². The number of H-pyrrole nitrogens is 1. The maximum absolute atomic E-state index is 14.4. The highest BCUT2D eigenvalue weighted by Gasteiger charge is 2.35. The molecule has 1 N–H and O–H groups in total. The molecule has 562 valence electrons. The Labute approximate surface area is 625 Å². The van der Waals surface area contributed by atoms with Gasteiger partial charge in [0.15, 0.2) is 40.6 Å². The van der Waals surface area contributed by atoms with Gasteiger partial charge in [0, 0.05) is 78.8 Å². The highest BCUT2D eigenvalue weighted by molar-refractivity contribution is 5.81. The van der Waals surface area contributed by atoms with E-state index in [1.54, 1.807) is 67.6 Å². The van der Waals surface area contributed by atoms with Gasteiger partial charge in [-0.3, -0.25) is 5.10 Å². The normalized spacial score (nSPS) is 17.0. The first-order valence-corrected chi connectivity index (χ1v) is 35.9. The quantitative estimate of drug-likeness (QED) is 0.112. The number of oxazole rings is 1. The summed E-state index contributed by atoms with van der Waals surface area (Å²) in [5.41, 5.74) is 9.48.